The normalized spacial score (nSPS) is 10.6. The van der Waals surface area contributed by atoms with E-state index >= 15 is 0 Å². The Morgan fingerprint density at radius 3 is 2.70 bits per heavy atom. The molecular weight excluding hydrogens is 316 g/mol. The van der Waals surface area contributed by atoms with Crippen LogP contribution in [0.1, 0.15) is 17.3 Å². The van der Waals surface area contributed by atoms with Gasteiger partial charge in [0, 0.05) is 6.07 Å². The van der Waals surface area contributed by atoms with Gasteiger partial charge in [-0.2, -0.15) is 0 Å². The Hall–Kier alpha value is -2.97. The fourth-order valence-corrected chi connectivity index (χ4v) is 1.87. The van der Waals surface area contributed by atoms with Gasteiger partial charge in [-0.15, -0.1) is 0 Å². The van der Waals surface area contributed by atoms with Crippen molar-refractivity contribution in [3.05, 3.63) is 39.8 Å². The van der Waals surface area contributed by atoms with E-state index in [0.717, 1.165) is 0 Å². The second-order valence-electron chi connectivity index (χ2n) is 4.37. The van der Waals surface area contributed by atoms with Crippen molar-refractivity contribution in [1.29, 1.82) is 0 Å². The van der Waals surface area contributed by atoms with E-state index in [1.54, 1.807) is 6.92 Å². The predicted octanol–water partition coefficient (Wildman–Crippen LogP) is 1.07. The van der Waals surface area contributed by atoms with E-state index in [1.165, 1.54) is 0 Å². The fourth-order valence-electron chi connectivity index (χ4n) is 1.87. The lowest BCUT2D eigenvalue weighted by Gasteiger charge is -2.08. The molecule has 9 heteroatoms. The van der Waals surface area contributed by atoms with Crippen LogP contribution in [0.4, 0.5) is 8.78 Å². The third-order valence-corrected chi connectivity index (χ3v) is 2.82. The topological polar surface area (TPSA) is 106 Å². The first-order chi connectivity index (χ1) is 10.8. The first kappa shape index (κ1) is 16.4. The summed E-state index contributed by atoms with van der Waals surface area (Å²) in [7, 11) is 0. The second kappa shape index (κ2) is 6.42. The maximum Gasteiger partial charge on any atom is 0.353 e. The van der Waals surface area contributed by atoms with Gasteiger partial charge in [0.1, 0.15) is 18.1 Å². The minimum absolute atomic E-state index is 0.0939. The van der Waals surface area contributed by atoms with E-state index < -0.39 is 58.0 Å². The van der Waals surface area contributed by atoms with Crippen LogP contribution in [-0.2, 0) is 9.53 Å². The van der Waals surface area contributed by atoms with E-state index in [0.29, 0.717) is 12.1 Å². The number of benzene rings is 1. The van der Waals surface area contributed by atoms with Crippen molar-refractivity contribution >= 4 is 22.8 Å². The Balaban J connectivity index is 2.43. The summed E-state index contributed by atoms with van der Waals surface area (Å²) in [5.74, 6) is -5.09. The molecule has 0 bridgehead atoms. The molecule has 2 N–H and O–H groups in total. The van der Waals surface area contributed by atoms with Gasteiger partial charge in [0.25, 0.3) is 5.91 Å². The Morgan fingerprint density at radius 1 is 1.35 bits per heavy atom. The molecular formula is C14H11F2NO6. The van der Waals surface area contributed by atoms with Crippen LogP contribution >= 0.6 is 0 Å². The molecule has 1 aromatic heterocycles. The van der Waals surface area contributed by atoms with Crippen LogP contribution in [-0.4, -0.2) is 30.1 Å². The molecule has 1 aromatic carbocycles. The molecule has 0 aliphatic rings. The molecule has 2 rings (SSSR count). The van der Waals surface area contributed by atoms with Crippen molar-refractivity contribution in [2.24, 2.45) is 0 Å². The monoisotopic (exact) mass is 327 g/mol. The number of hydrogen-bond donors (Lipinski definition) is 2. The molecule has 122 valence electrons. The van der Waals surface area contributed by atoms with Crippen molar-refractivity contribution in [3.63, 3.8) is 0 Å². The van der Waals surface area contributed by atoms with E-state index in [4.69, 9.17) is 0 Å². The van der Waals surface area contributed by atoms with Crippen LogP contribution in [0.5, 0.6) is 5.75 Å². The number of aromatic hydroxyl groups is 1. The number of amides is 1. The molecule has 0 saturated carbocycles. The lowest BCUT2D eigenvalue weighted by Crippen LogP contribution is -2.33. The van der Waals surface area contributed by atoms with Gasteiger partial charge in [-0.3, -0.25) is 9.59 Å². The fraction of sp³-hybridized carbons (Fsp3) is 0.214. The zero-order chi connectivity index (χ0) is 17.1. The highest BCUT2D eigenvalue weighted by Gasteiger charge is 2.23. The van der Waals surface area contributed by atoms with Gasteiger partial charge in [0.2, 0.25) is 0 Å². The van der Waals surface area contributed by atoms with E-state index in [9.17, 15) is 28.3 Å². The summed E-state index contributed by atoms with van der Waals surface area (Å²) in [6.45, 7) is 1.10. The second-order valence-corrected chi connectivity index (χ2v) is 4.37. The molecule has 1 amide bonds. The maximum atomic E-state index is 13.5. The van der Waals surface area contributed by atoms with Gasteiger partial charge in [-0.25, -0.2) is 13.6 Å². The Morgan fingerprint density at radius 2 is 2.04 bits per heavy atom. The lowest BCUT2D eigenvalue weighted by atomic mass is 10.1. The average molecular weight is 327 g/mol. The molecule has 0 unspecified atom stereocenters. The van der Waals surface area contributed by atoms with Crippen molar-refractivity contribution < 1.29 is 32.6 Å². The molecule has 0 fully saturated rings. The van der Waals surface area contributed by atoms with E-state index in [2.05, 4.69) is 9.15 Å². The van der Waals surface area contributed by atoms with Gasteiger partial charge in [0.05, 0.1) is 12.0 Å². The van der Waals surface area contributed by atoms with Crippen molar-refractivity contribution in [1.82, 2.24) is 5.32 Å². The smallest absolute Gasteiger partial charge is 0.353 e. The summed E-state index contributed by atoms with van der Waals surface area (Å²) in [4.78, 5) is 34.8. The lowest BCUT2D eigenvalue weighted by molar-refractivity contribution is -0.141. The van der Waals surface area contributed by atoms with Crippen molar-refractivity contribution in [2.75, 3.05) is 13.2 Å². The quantitative estimate of drug-likeness (QED) is 0.643. The molecule has 0 aliphatic carbocycles. The number of halogens is 2. The third-order valence-electron chi connectivity index (χ3n) is 2.82. The van der Waals surface area contributed by atoms with E-state index in [1.807, 2.05) is 5.32 Å². The van der Waals surface area contributed by atoms with Crippen molar-refractivity contribution in [3.8, 4) is 5.75 Å². The Bertz CT molecular complexity index is 845. The minimum Gasteiger partial charge on any atom is -0.506 e. The molecule has 1 heterocycles. The predicted molar refractivity (Wildman–Crippen MR) is 73.0 cm³/mol. The molecule has 0 radical (unpaired) electrons. The Labute approximate surface area is 127 Å². The van der Waals surface area contributed by atoms with Crippen LogP contribution in [0, 0.1) is 11.6 Å². The number of hydrogen-bond acceptors (Lipinski definition) is 6. The van der Waals surface area contributed by atoms with Gasteiger partial charge in [-0.05, 0) is 13.0 Å². The highest BCUT2D eigenvalue weighted by atomic mass is 19.1. The van der Waals surface area contributed by atoms with E-state index in [-0.39, 0.29) is 6.61 Å². The van der Waals surface area contributed by atoms with Crippen LogP contribution in [0.3, 0.4) is 0 Å². The molecule has 0 atom stereocenters. The highest BCUT2D eigenvalue weighted by molar-refractivity contribution is 6.02. The average Bonchev–Trinajstić information content (AvgIpc) is 2.47. The summed E-state index contributed by atoms with van der Waals surface area (Å²) in [5.41, 5.74) is -2.88. The molecule has 0 spiro atoms. The summed E-state index contributed by atoms with van der Waals surface area (Å²) < 4.78 is 35.9. The maximum absolute atomic E-state index is 13.5. The third kappa shape index (κ3) is 3.28. The number of rotatable bonds is 4. The highest BCUT2D eigenvalue weighted by Crippen LogP contribution is 2.28. The first-order valence-electron chi connectivity index (χ1n) is 6.43. The number of carbonyl (C=O) groups is 2. The van der Waals surface area contributed by atoms with Crippen LogP contribution in [0.25, 0.3) is 11.0 Å². The van der Waals surface area contributed by atoms with Crippen LogP contribution in [0.2, 0.25) is 0 Å². The standard InChI is InChI=1S/C14H11F2NO6/c1-2-22-9(18)5-17-13(20)10-11(19)7-3-6(15)4-8(16)12(7)23-14(10)21/h3-4,19H,2,5H2,1H3,(H,17,20). The molecule has 23 heavy (non-hydrogen) atoms. The molecule has 7 nitrogen and oxygen atoms in total. The number of nitrogens with one attached hydrogen (secondary N) is 1. The van der Waals surface area contributed by atoms with Crippen LogP contribution in [0.15, 0.2) is 21.3 Å². The zero-order valence-corrected chi connectivity index (χ0v) is 11.8. The summed E-state index contributed by atoms with van der Waals surface area (Å²) >= 11 is 0. The summed E-state index contributed by atoms with van der Waals surface area (Å²) in [6, 6.07) is 1.17. The van der Waals surface area contributed by atoms with Gasteiger partial charge in [-0.1, -0.05) is 0 Å². The number of esters is 1. The van der Waals surface area contributed by atoms with Crippen LogP contribution < -0.4 is 10.9 Å². The largest absolute Gasteiger partial charge is 0.506 e. The van der Waals surface area contributed by atoms with Crippen molar-refractivity contribution in [2.45, 2.75) is 6.92 Å². The number of ether oxygens (including phenoxy) is 1. The number of fused-ring (bicyclic) bond motifs is 1. The number of carbonyl (C=O) groups excluding carboxylic acids is 2. The summed E-state index contributed by atoms with van der Waals surface area (Å²) in [6.07, 6.45) is 0. The zero-order valence-electron chi connectivity index (χ0n) is 11.8. The first-order valence-corrected chi connectivity index (χ1v) is 6.43. The van der Waals surface area contributed by atoms with Gasteiger partial charge >= 0.3 is 11.6 Å². The van der Waals surface area contributed by atoms with Gasteiger partial charge < -0.3 is 19.6 Å². The molecule has 0 aliphatic heterocycles. The Kier molecular flexibility index (Phi) is 4.58. The van der Waals surface area contributed by atoms with Gasteiger partial charge in [0.15, 0.2) is 17.0 Å². The minimum atomic E-state index is -1.33. The summed E-state index contributed by atoms with van der Waals surface area (Å²) in [5, 5.41) is 11.5. The molecule has 2 aromatic rings. The molecule has 0 saturated heterocycles. The SMILES string of the molecule is CCOC(=O)CNC(=O)c1c(O)c2cc(F)cc(F)c2oc1=O.